The van der Waals surface area contributed by atoms with Crippen LogP contribution in [-0.2, 0) is 18.2 Å². The smallest absolute Gasteiger partial charge is 0.201 e. The lowest BCUT2D eigenvalue weighted by molar-refractivity contribution is 0.171. The number of fused-ring (bicyclic) bond motifs is 1. The molecule has 21 heavy (non-hydrogen) atoms. The Morgan fingerprint density at radius 1 is 1.38 bits per heavy atom. The average molecular weight is 286 g/mol. The van der Waals surface area contributed by atoms with Crippen LogP contribution in [-0.4, -0.2) is 35.1 Å². The van der Waals surface area contributed by atoms with Gasteiger partial charge in [0, 0.05) is 12.4 Å². The summed E-state index contributed by atoms with van der Waals surface area (Å²) in [6, 6.07) is 6.41. The van der Waals surface area contributed by atoms with E-state index in [0.717, 1.165) is 28.6 Å². The van der Waals surface area contributed by atoms with Crippen LogP contribution in [0, 0.1) is 5.92 Å². The number of benzene rings is 1. The molecule has 1 aromatic carbocycles. The van der Waals surface area contributed by atoms with E-state index in [9.17, 15) is 5.11 Å². The van der Waals surface area contributed by atoms with Crippen molar-refractivity contribution in [3.05, 3.63) is 29.3 Å². The number of aryl methyl sites for hydroxylation is 1. The molecule has 0 fully saturated rings. The number of aromatic nitrogens is 1. The van der Waals surface area contributed by atoms with E-state index >= 15 is 0 Å². The van der Waals surface area contributed by atoms with Crippen molar-refractivity contribution >= 4 is 16.6 Å². The summed E-state index contributed by atoms with van der Waals surface area (Å²) in [6.45, 7) is 6.23. The summed E-state index contributed by atoms with van der Waals surface area (Å²) in [5.74, 6) is 0.884. The monoisotopic (exact) mass is 286 g/mol. The molecule has 0 saturated carbocycles. The number of aromatic hydroxyl groups is 1. The van der Waals surface area contributed by atoms with Gasteiger partial charge >= 0.3 is 0 Å². The number of ether oxygens (including phenoxy) is 1. The molecule has 3 rings (SSSR count). The maximum absolute atomic E-state index is 10.5. The first-order valence-electron chi connectivity index (χ1n) is 7.49. The Hall–Kier alpha value is -1.81. The molecule has 4 nitrogen and oxygen atoms in total. The molecule has 1 aliphatic heterocycles. The fraction of sp³-hybridized carbons (Fsp3) is 0.471. The van der Waals surface area contributed by atoms with Gasteiger partial charge in [-0.2, -0.15) is 0 Å². The van der Waals surface area contributed by atoms with Gasteiger partial charge < -0.3 is 14.4 Å². The highest BCUT2D eigenvalue weighted by Gasteiger charge is 2.21. The molecule has 0 bridgehead atoms. The van der Waals surface area contributed by atoms with Crippen molar-refractivity contribution in [1.29, 1.82) is 0 Å². The fourth-order valence-electron chi connectivity index (χ4n) is 2.97. The summed E-state index contributed by atoms with van der Waals surface area (Å²) in [5.41, 5.74) is 4.01. The molecule has 1 aromatic heterocycles. The standard InChI is InChI=1S/C17H22N2O2/c1-11(2)8-12-4-5-15-13(9-12)16(17(20)19(15)3)14-10-21-7-6-18-14/h4-5,9,11,20H,6-8,10H2,1-3H3. The molecule has 4 heteroatoms. The van der Waals surface area contributed by atoms with Crippen LogP contribution in [0.3, 0.4) is 0 Å². The Balaban J connectivity index is 2.17. The normalized spacial score (nSPS) is 15.7. The number of rotatable bonds is 3. The highest BCUT2D eigenvalue weighted by atomic mass is 16.5. The molecular formula is C17H22N2O2. The highest BCUT2D eigenvalue weighted by molar-refractivity contribution is 6.14. The van der Waals surface area contributed by atoms with Crippen LogP contribution >= 0.6 is 0 Å². The summed E-state index contributed by atoms with van der Waals surface area (Å²) in [7, 11) is 1.88. The van der Waals surface area contributed by atoms with Gasteiger partial charge in [-0.3, -0.25) is 4.99 Å². The first-order valence-corrected chi connectivity index (χ1v) is 7.49. The molecule has 2 heterocycles. The van der Waals surface area contributed by atoms with Crippen molar-refractivity contribution in [2.45, 2.75) is 20.3 Å². The largest absolute Gasteiger partial charge is 0.494 e. The Bertz CT molecular complexity index is 698. The van der Waals surface area contributed by atoms with E-state index in [-0.39, 0.29) is 5.88 Å². The summed E-state index contributed by atoms with van der Waals surface area (Å²) < 4.78 is 7.31. The van der Waals surface area contributed by atoms with E-state index in [1.807, 2.05) is 11.6 Å². The summed E-state index contributed by atoms with van der Waals surface area (Å²) in [5, 5.41) is 11.5. The first-order chi connectivity index (χ1) is 10.1. The van der Waals surface area contributed by atoms with Crippen molar-refractivity contribution in [3.8, 4) is 5.88 Å². The van der Waals surface area contributed by atoms with Crippen LogP contribution in [0.2, 0.25) is 0 Å². The Labute approximate surface area is 125 Å². The van der Waals surface area contributed by atoms with Crippen LogP contribution < -0.4 is 0 Å². The van der Waals surface area contributed by atoms with Gasteiger partial charge in [-0.15, -0.1) is 0 Å². The van der Waals surface area contributed by atoms with E-state index in [1.54, 1.807) is 0 Å². The highest BCUT2D eigenvalue weighted by Crippen LogP contribution is 2.32. The van der Waals surface area contributed by atoms with Crippen molar-refractivity contribution < 1.29 is 9.84 Å². The van der Waals surface area contributed by atoms with E-state index in [2.05, 4.69) is 37.0 Å². The van der Waals surface area contributed by atoms with E-state index in [0.29, 0.717) is 25.7 Å². The second-order valence-corrected chi connectivity index (χ2v) is 6.09. The Morgan fingerprint density at radius 3 is 2.86 bits per heavy atom. The fourth-order valence-corrected chi connectivity index (χ4v) is 2.97. The van der Waals surface area contributed by atoms with Crippen LogP contribution in [0.5, 0.6) is 5.88 Å². The zero-order valence-electron chi connectivity index (χ0n) is 12.9. The van der Waals surface area contributed by atoms with Gasteiger partial charge in [-0.05, 0) is 30.0 Å². The molecule has 0 atom stereocenters. The second-order valence-electron chi connectivity index (χ2n) is 6.09. The van der Waals surface area contributed by atoms with Crippen LogP contribution in [0.1, 0.15) is 25.0 Å². The number of nitrogens with zero attached hydrogens (tertiary/aromatic N) is 2. The van der Waals surface area contributed by atoms with E-state index in [1.165, 1.54) is 5.56 Å². The molecule has 0 saturated heterocycles. The molecule has 0 amide bonds. The van der Waals surface area contributed by atoms with Gasteiger partial charge in [-0.1, -0.05) is 19.9 Å². The van der Waals surface area contributed by atoms with Gasteiger partial charge in [0.05, 0.1) is 36.6 Å². The van der Waals surface area contributed by atoms with Crippen molar-refractivity contribution in [3.63, 3.8) is 0 Å². The lowest BCUT2D eigenvalue weighted by Gasteiger charge is -2.13. The minimum absolute atomic E-state index is 0.274. The SMILES string of the molecule is CC(C)Cc1ccc2c(c1)c(C1=NCCOC1)c(O)n2C. The lowest BCUT2D eigenvalue weighted by atomic mass is 9.99. The van der Waals surface area contributed by atoms with Crippen LogP contribution in [0.25, 0.3) is 10.9 Å². The summed E-state index contributed by atoms with van der Waals surface area (Å²) in [6.07, 6.45) is 1.04. The van der Waals surface area contributed by atoms with Gasteiger partial charge in [0.25, 0.3) is 0 Å². The minimum Gasteiger partial charge on any atom is -0.494 e. The topological polar surface area (TPSA) is 46.8 Å². The van der Waals surface area contributed by atoms with Gasteiger partial charge in [0.15, 0.2) is 0 Å². The molecule has 1 N–H and O–H groups in total. The zero-order valence-corrected chi connectivity index (χ0v) is 12.9. The molecular weight excluding hydrogens is 264 g/mol. The summed E-state index contributed by atoms with van der Waals surface area (Å²) in [4.78, 5) is 4.53. The Morgan fingerprint density at radius 2 is 2.19 bits per heavy atom. The maximum atomic E-state index is 10.5. The number of hydrogen-bond acceptors (Lipinski definition) is 3. The third kappa shape index (κ3) is 2.56. The molecule has 112 valence electrons. The lowest BCUT2D eigenvalue weighted by Crippen LogP contribution is -2.18. The maximum Gasteiger partial charge on any atom is 0.201 e. The second kappa shape index (κ2) is 5.53. The molecule has 2 aromatic rings. The molecule has 0 radical (unpaired) electrons. The quantitative estimate of drug-likeness (QED) is 0.943. The molecule has 0 unspecified atom stereocenters. The first kappa shape index (κ1) is 14.1. The third-order valence-corrected chi connectivity index (χ3v) is 3.94. The molecule has 0 spiro atoms. The van der Waals surface area contributed by atoms with Gasteiger partial charge in [0.1, 0.15) is 0 Å². The van der Waals surface area contributed by atoms with Crippen molar-refractivity contribution in [2.24, 2.45) is 18.0 Å². The van der Waals surface area contributed by atoms with Crippen molar-refractivity contribution in [1.82, 2.24) is 4.57 Å². The van der Waals surface area contributed by atoms with Crippen LogP contribution in [0.4, 0.5) is 0 Å². The summed E-state index contributed by atoms with van der Waals surface area (Å²) >= 11 is 0. The Kier molecular flexibility index (Phi) is 3.72. The van der Waals surface area contributed by atoms with Crippen LogP contribution in [0.15, 0.2) is 23.2 Å². The van der Waals surface area contributed by atoms with Crippen molar-refractivity contribution in [2.75, 3.05) is 19.8 Å². The van der Waals surface area contributed by atoms with Gasteiger partial charge in [-0.25, -0.2) is 0 Å². The molecule has 0 aliphatic carbocycles. The predicted molar refractivity (Wildman–Crippen MR) is 85.3 cm³/mol. The van der Waals surface area contributed by atoms with E-state index in [4.69, 9.17) is 4.74 Å². The number of aliphatic imine (C=N–C) groups is 1. The minimum atomic E-state index is 0.274. The molecule has 1 aliphatic rings. The number of hydrogen-bond donors (Lipinski definition) is 1. The van der Waals surface area contributed by atoms with Gasteiger partial charge in [0.2, 0.25) is 5.88 Å². The third-order valence-electron chi connectivity index (χ3n) is 3.94. The van der Waals surface area contributed by atoms with E-state index < -0.39 is 0 Å². The predicted octanol–water partition coefficient (Wildman–Crippen LogP) is 2.90. The average Bonchev–Trinajstić information content (AvgIpc) is 2.71. The zero-order chi connectivity index (χ0) is 15.0.